The Kier molecular flexibility index (Phi) is 8.36. The third kappa shape index (κ3) is 5.88. The molecule has 1 aromatic carbocycles. The number of hydrogen-bond acceptors (Lipinski definition) is 3. The molecule has 0 aromatic heterocycles. The molecule has 1 saturated carbocycles. The lowest BCUT2D eigenvalue weighted by Gasteiger charge is -2.29. The molecule has 1 aliphatic carbocycles. The highest BCUT2D eigenvalue weighted by Gasteiger charge is 2.43. The minimum absolute atomic E-state index is 0. The fourth-order valence-electron chi connectivity index (χ4n) is 3.03. The standard InChI is InChI=1S/C17H22F3N3O2.ClH/c18-17(19,20)12-5-3-4-11(10-12)15(24)23-14-7-2-1-6-13(14)16(25)22-9-8-21;/h1-2,6-7,11-12H,3-5,8-10,21H2,(H,22,25)(H,23,24);1H. The number of alkyl halides is 3. The van der Waals surface area contributed by atoms with E-state index < -0.39 is 29.8 Å². The number of benzene rings is 1. The largest absolute Gasteiger partial charge is 0.391 e. The summed E-state index contributed by atoms with van der Waals surface area (Å²) >= 11 is 0. The monoisotopic (exact) mass is 393 g/mol. The summed E-state index contributed by atoms with van der Waals surface area (Å²) in [5.74, 6) is -3.02. The Hall–Kier alpha value is -1.80. The first-order valence-electron chi connectivity index (χ1n) is 8.27. The minimum Gasteiger partial charge on any atom is -0.351 e. The Balaban J connectivity index is 0.00000338. The van der Waals surface area contributed by atoms with Gasteiger partial charge >= 0.3 is 6.18 Å². The van der Waals surface area contributed by atoms with E-state index in [9.17, 15) is 22.8 Å². The van der Waals surface area contributed by atoms with Crippen molar-refractivity contribution in [2.75, 3.05) is 18.4 Å². The van der Waals surface area contributed by atoms with Gasteiger partial charge in [-0.25, -0.2) is 0 Å². The Bertz CT molecular complexity index is 626. The third-order valence-corrected chi connectivity index (χ3v) is 4.37. The highest BCUT2D eigenvalue weighted by molar-refractivity contribution is 6.04. The van der Waals surface area contributed by atoms with Gasteiger partial charge in [0.2, 0.25) is 5.91 Å². The topological polar surface area (TPSA) is 84.2 Å². The van der Waals surface area contributed by atoms with Crippen LogP contribution >= 0.6 is 12.4 Å². The highest BCUT2D eigenvalue weighted by Crippen LogP contribution is 2.40. The number of carbonyl (C=O) groups excluding carboxylic acids is 2. The second-order valence-electron chi connectivity index (χ2n) is 6.18. The van der Waals surface area contributed by atoms with Crippen LogP contribution in [-0.2, 0) is 4.79 Å². The Labute approximate surface area is 156 Å². The predicted octanol–water partition coefficient (Wildman–Crippen LogP) is 3.10. The van der Waals surface area contributed by atoms with Crippen LogP contribution in [0.15, 0.2) is 24.3 Å². The third-order valence-electron chi connectivity index (χ3n) is 4.37. The van der Waals surface area contributed by atoms with Gasteiger partial charge in [0.25, 0.3) is 5.91 Å². The molecule has 4 N–H and O–H groups in total. The summed E-state index contributed by atoms with van der Waals surface area (Å²) in [6, 6.07) is 6.39. The first-order chi connectivity index (χ1) is 11.8. The highest BCUT2D eigenvalue weighted by atomic mass is 35.5. The second-order valence-corrected chi connectivity index (χ2v) is 6.18. The zero-order valence-corrected chi connectivity index (χ0v) is 15.0. The smallest absolute Gasteiger partial charge is 0.351 e. The molecular weight excluding hydrogens is 371 g/mol. The Morgan fingerprint density at radius 2 is 1.88 bits per heavy atom. The summed E-state index contributed by atoms with van der Waals surface area (Å²) < 4.78 is 38.7. The van der Waals surface area contributed by atoms with E-state index in [1.54, 1.807) is 24.3 Å². The maximum Gasteiger partial charge on any atom is 0.391 e. The number of rotatable bonds is 5. The zero-order valence-electron chi connectivity index (χ0n) is 14.1. The van der Waals surface area contributed by atoms with Gasteiger partial charge in [0.05, 0.1) is 17.2 Å². The van der Waals surface area contributed by atoms with Gasteiger partial charge in [-0.2, -0.15) is 13.2 Å². The van der Waals surface area contributed by atoms with Crippen LogP contribution in [0.5, 0.6) is 0 Å². The number of halogens is 4. The molecular formula is C17H23ClF3N3O2. The molecule has 0 heterocycles. The fourth-order valence-corrected chi connectivity index (χ4v) is 3.03. The first kappa shape index (κ1) is 22.2. The van der Waals surface area contributed by atoms with Crippen LogP contribution in [-0.4, -0.2) is 31.1 Å². The minimum atomic E-state index is -4.28. The molecule has 2 atom stereocenters. The number of hydrogen-bond donors (Lipinski definition) is 3. The van der Waals surface area contributed by atoms with E-state index in [1.807, 2.05) is 0 Å². The lowest BCUT2D eigenvalue weighted by atomic mass is 9.80. The molecule has 146 valence electrons. The zero-order chi connectivity index (χ0) is 18.4. The molecule has 0 radical (unpaired) electrons. The SMILES string of the molecule is Cl.NCCNC(=O)c1ccccc1NC(=O)C1CCCC(C(F)(F)F)C1. The van der Waals surface area contributed by atoms with Crippen LogP contribution in [0, 0.1) is 11.8 Å². The number of nitrogens with two attached hydrogens (primary N) is 1. The maximum atomic E-state index is 12.9. The number of carbonyl (C=O) groups is 2. The molecule has 5 nitrogen and oxygen atoms in total. The number of nitrogens with one attached hydrogen (secondary N) is 2. The number of anilines is 1. The van der Waals surface area contributed by atoms with Crippen LogP contribution in [0.3, 0.4) is 0 Å². The number of amides is 2. The predicted molar refractivity (Wildman–Crippen MR) is 95.2 cm³/mol. The van der Waals surface area contributed by atoms with Gasteiger partial charge in [0.15, 0.2) is 0 Å². The molecule has 1 fully saturated rings. The van der Waals surface area contributed by atoms with Gasteiger partial charge in [0, 0.05) is 19.0 Å². The normalized spacial score (nSPS) is 20.0. The molecule has 26 heavy (non-hydrogen) atoms. The number of para-hydroxylation sites is 1. The molecule has 0 saturated heterocycles. The van der Waals surface area contributed by atoms with Gasteiger partial charge in [-0.15, -0.1) is 12.4 Å². The van der Waals surface area contributed by atoms with Crippen molar-refractivity contribution in [1.82, 2.24) is 5.32 Å². The molecule has 2 rings (SSSR count). The molecule has 1 aromatic rings. The molecule has 2 amide bonds. The van der Waals surface area contributed by atoms with Gasteiger partial charge in [-0.1, -0.05) is 18.6 Å². The van der Waals surface area contributed by atoms with Crippen LogP contribution < -0.4 is 16.4 Å². The summed E-state index contributed by atoms with van der Waals surface area (Å²) in [6.07, 6.45) is -3.65. The van der Waals surface area contributed by atoms with Crippen LogP contribution in [0.4, 0.5) is 18.9 Å². The van der Waals surface area contributed by atoms with E-state index >= 15 is 0 Å². The van der Waals surface area contributed by atoms with E-state index in [0.717, 1.165) is 0 Å². The lowest BCUT2D eigenvalue weighted by Crippen LogP contribution is -2.35. The van der Waals surface area contributed by atoms with Crippen LogP contribution in [0.25, 0.3) is 0 Å². The first-order valence-corrected chi connectivity index (χ1v) is 8.27. The van der Waals surface area contributed by atoms with Crippen LogP contribution in [0.1, 0.15) is 36.0 Å². The van der Waals surface area contributed by atoms with Gasteiger partial charge < -0.3 is 16.4 Å². The molecule has 9 heteroatoms. The van der Waals surface area contributed by atoms with E-state index in [4.69, 9.17) is 5.73 Å². The second kappa shape index (κ2) is 9.78. The molecule has 2 unspecified atom stereocenters. The fraction of sp³-hybridized carbons (Fsp3) is 0.529. The van der Waals surface area contributed by atoms with Crippen molar-refractivity contribution in [3.05, 3.63) is 29.8 Å². The molecule has 0 spiro atoms. The van der Waals surface area contributed by atoms with Crippen molar-refractivity contribution >= 4 is 29.9 Å². The van der Waals surface area contributed by atoms with Gasteiger partial charge in [-0.05, 0) is 31.4 Å². The molecule has 0 aliphatic heterocycles. The Morgan fingerprint density at radius 1 is 1.19 bits per heavy atom. The van der Waals surface area contributed by atoms with E-state index in [2.05, 4.69) is 10.6 Å². The van der Waals surface area contributed by atoms with Crippen molar-refractivity contribution in [2.24, 2.45) is 17.6 Å². The average molecular weight is 394 g/mol. The average Bonchev–Trinajstić information content (AvgIpc) is 2.59. The van der Waals surface area contributed by atoms with Crippen molar-refractivity contribution in [3.63, 3.8) is 0 Å². The van der Waals surface area contributed by atoms with E-state index in [0.29, 0.717) is 12.8 Å². The summed E-state index contributed by atoms with van der Waals surface area (Å²) in [4.78, 5) is 24.5. The molecule has 1 aliphatic rings. The summed E-state index contributed by atoms with van der Waals surface area (Å²) in [5.41, 5.74) is 5.89. The molecule has 0 bridgehead atoms. The van der Waals surface area contributed by atoms with Gasteiger partial charge in [-0.3, -0.25) is 9.59 Å². The van der Waals surface area contributed by atoms with E-state index in [-0.39, 0.29) is 49.6 Å². The van der Waals surface area contributed by atoms with Crippen molar-refractivity contribution < 1.29 is 22.8 Å². The van der Waals surface area contributed by atoms with E-state index in [1.165, 1.54) is 0 Å². The lowest BCUT2D eigenvalue weighted by molar-refractivity contribution is -0.185. The Morgan fingerprint density at radius 3 is 2.54 bits per heavy atom. The van der Waals surface area contributed by atoms with Crippen LogP contribution in [0.2, 0.25) is 0 Å². The summed E-state index contributed by atoms with van der Waals surface area (Å²) in [6.45, 7) is 0.568. The van der Waals surface area contributed by atoms with Gasteiger partial charge in [0.1, 0.15) is 0 Å². The quantitative estimate of drug-likeness (QED) is 0.718. The summed E-state index contributed by atoms with van der Waals surface area (Å²) in [5, 5.41) is 5.22. The summed E-state index contributed by atoms with van der Waals surface area (Å²) in [7, 11) is 0. The maximum absolute atomic E-state index is 12.9. The van der Waals surface area contributed by atoms with Crippen molar-refractivity contribution in [3.8, 4) is 0 Å². The van der Waals surface area contributed by atoms with Crippen molar-refractivity contribution in [2.45, 2.75) is 31.9 Å². The van der Waals surface area contributed by atoms with Crippen molar-refractivity contribution in [1.29, 1.82) is 0 Å².